The molecule has 1 aliphatic rings. The summed E-state index contributed by atoms with van der Waals surface area (Å²) in [4.78, 5) is 0. The third-order valence-electron chi connectivity index (χ3n) is 10.7. The van der Waals surface area contributed by atoms with E-state index in [1.807, 2.05) is 27.7 Å². The van der Waals surface area contributed by atoms with Gasteiger partial charge in [-0.15, -0.1) is 0 Å². The molecule has 0 bridgehead atoms. The first kappa shape index (κ1) is 73.2. The normalized spacial score (nSPS) is 17.8. The van der Waals surface area contributed by atoms with Crippen LogP contribution >= 0.6 is 0 Å². The van der Waals surface area contributed by atoms with Crippen LogP contribution in [0.4, 0.5) is 65.9 Å². The number of aliphatic hydroxyl groups excluding tert-OH is 5. The molecule has 0 radical (unpaired) electrons. The molecular weight excluding hydrogens is 953 g/mol. The zero-order chi connectivity index (χ0) is 54.3. The molecule has 1 aliphatic carbocycles. The number of hydrogen-bond acceptors (Lipinski definition) is 7. The highest BCUT2D eigenvalue weighted by Gasteiger charge is 2.75. The molecule has 1 saturated carbocycles. The monoisotopic (exact) mass is 1040 g/mol. The molecule has 1 rings (SSSR count). The van der Waals surface area contributed by atoms with Crippen molar-refractivity contribution in [1.29, 1.82) is 0 Å². The molecule has 23 heteroatoms. The largest absolute Gasteiger partial charge is 0.432 e. The lowest BCUT2D eigenvalue weighted by Crippen LogP contribution is -2.60. The highest BCUT2D eigenvalue weighted by molar-refractivity contribution is 5.01. The van der Waals surface area contributed by atoms with Crippen LogP contribution in [0.5, 0.6) is 0 Å². The average molecular weight is 1040 g/mol. The van der Waals surface area contributed by atoms with Gasteiger partial charge in [0.25, 0.3) is 0 Å². The summed E-state index contributed by atoms with van der Waals surface area (Å²) in [5, 5.41) is 44.3. The van der Waals surface area contributed by atoms with Crippen molar-refractivity contribution in [3.8, 4) is 0 Å². The first-order valence-electron chi connectivity index (χ1n) is 23.3. The van der Waals surface area contributed by atoms with Crippen molar-refractivity contribution in [3.05, 3.63) is 0 Å². The van der Waals surface area contributed by atoms with Gasteiger partial charge >= 0.3 is 42.5 Å². The number of halogens is 15. The molecule has 416 valence electrons. The lowest BCUT2D eigenvalue weighted by molar-refractivity contribution is -0.346. The van der Waals surface area contributed by atoms with Crippen LogP contribution in [0.15, 0.2) is 0 Å². The van der Waals surface area contributed by atoms with Crippen molar-refractivity contribution in [2.24, 2.45) is 17.8 Å². The van der Waals surface area contributed by atoms with E-state index in [0.717, 1.165) is 64.4 Å². The zero-order valence-electron chi connectivity index (χ0n) is 41.4. The topological polar surface area (TPSA) is 132 Å². The summed E-state index contributed by atoms with van der Waals surface area (Å²) in [6.45, 7) is 13.8. The smallest absolute Gasteiger partial charge is 0.380 e. The standard InChI is InChI=1S/C16H25F7O.C15H24F8O3.C6H14O2.2C4H10O/c1-3-4-6-12(11-7-5-8-11)9-24-10-14(2,19)16(22,23)15(20,21)13(17)18;1-3-10(6-9(2)24)4-5-11(25)7-26-8-13(18,19)15(22,23)14(20,21)12(16)17;1-3-4-8-5-6(2)7;2*1-3-4(2)5/h11-13H,3-10H2,1-2H3;9-12,24-25H,3-8H2,1-2H3;6-7H,3-5H2,1-2H3;2*4-5H,3H2,1-2H3/p+1. The van der Waals surface area contributed by atoms with E-state index in [2.05, 4.69) is 16.4 Å². The molecule has 68 heavy (non-hydrogen) atoms. The molecule has 8 nitrogen and oxygen atoms in total. The minimum atomic E-state index is -6.32. The Labute approximate surface area is 394 Å². The van der Waals surface area contributed by atoms with Crippen LogP contribution in [-0.2, 0) is 9.47 Å². The Morgan fingerprint density at radius 2 is 1.03 bits per heavy atom. The molecule has 0 spiro atoms. The summed E-state index contributed by atoms with van der Waals surface area (Å²) in [5.41, 5.74) is -3.89. The van der Waals surface area contributed by atoms with Crippen LogP contribution in [0.2, 0.25) is 0 Å². The van der Waals surface area contributed by atoms with Crippen LogP contribution in [0, 0.1) is 17.8 Å². The van der Waals surface area contributed by atoms with Gasteiger partial charge in [0.05, 0.1) is 37.6 Å². The molecule has 0 aromatic rings. The summed E-state index contributed by atoms with van der Waals surface area (Å²) in [6.07, 6.45) is -2.06. The lowest BCUT2D eigenvalue weighted by atomic mass is 9.74. The third-order valence-corrected chi connectivity index (χ3v) is 10.7. The number of unbranched alkanes of at least 4 members (excludes halogenated alkanes) is 1. The van der Waals surface area contributed by atoms with Crippen molar-refractivity contribution in [3.63, 3.8) is 0 Å². The summed E-state index contributed by atoms with van der Waals surface area (Å²) >= 11 is 0. The Morgan fingerprint density at radius 1 is 0.574 bits per heavy atom. The lowest BCUT2D eigenvalue weighted by Gasteiger charge is -2.37. The molecule has 8 unspecified atom stereocenters. The van der Waals surface area contributed by atoms with E-state index in [1.165, 1.54) is 0 Å². The summed E-state index contributed by atoms with van der Waals surface area (Å²) < 4.78 is 206. The van der Waals surface area contributed by atoms with Gasteiger partial charge in [0.2, 0.25) is 5.67 Å². The SMILES string of the molecule is CCC(C)O.CCC(C)O.CCC(CCC(O)COCC(F)(F)C(F)(F)C(F)(F)C(F)F)CC(C)O.CCCCC(COCC(C)(F)C(F)(F)C(F)(F)C(F)F)C1CCC1.CCC[OH+]CC(C)O. The molecule has 0 aromatic heterocycles. The number of aliphatic hydroxyl groups is 7. The first-order valence-corrected chi connectivity index (χ1v) is 23.3. The maximum atomic E-state index is 14.0. The van der Waals surface area contributed by atoms with E-state index in [0.29, 0.717) is 31.8 Å². The van der Waals surface area contributed by atoms with Crippen molar-refractivity contribution in [2.45, 2.75) is 231 Å². The van der Waals surface area contributed by atoms with Crippen LogP contribution in [0.1, 0.15) is 153 Å². The number of hydrogen-bond donors (Lipinski definition) is 5. The van der Waals surface area contributed by atoms with Crippen molar-refractivity contribution in [2.75, 3.05) is 39.6 Å². The number of alkyl halides is 15. The Kier molecular flexibility index (Phi) is 39.3. The summed E-state index contributed by atoms with van der Waals surface area (Å²) in [6, 6.07) is 0. The van der Waals surface area contributed by atoms with Gasteiger partial charge < -0.3 is 39.7 Å². The van der Waals surface area contributed by atoms with Crippen LogP contribution in [-0.4, -0.2) is 149 Å². The summed E-state index contributed by atoms with van der Waals surface area (Å²) in [7, 11) is 0. The fraction of sp³-hybridized carbons (Fsp3) is 1.00. The fourth-order valence-electron chi connectivity index (χ4n) is 5.52. The predicted octanol–water partition coefficient (Wildman–Crippen LogP) is 11.8. The summed E-state index contributed by atoms with van der Waals surface area (Å²) in [5.74, 6) is -28.9. The first-order chi connectivity index (χ1) is 31.0. The zero-order valence-corrected chi connectivity index (χ0v) is 41.4. The second-order valence-corrected chi connectivity index (χ2v) is 17.6. The van der Waals surface area contributed by atoms with Gasteiger partial charge in [0.15, 0.2) is 6.61 Å². The predicted molar refractivity (Wildman–Crippen MR) is 231 cm³/mol. The molecule has 0 aromatic carbocycles. The van der Waals surface area contributed by atoms with Gasteiger partial charge in [0, 0.05) is 13.0 Å². The number of ether oxygens (including phenoxy) is 3. The minimum absolute atomic E-state index is 0.0273. The van der Waals surface area contributed by atoms with Crippen molar-refractivity contribution < 1.29 is 106 Å². The molecule has 6 N–H and O–H groups in total. The van der Waals surface area contributed by atoms with Crippen molar-refractivity contribution >= 4 is 0 Å². The fourth-order valence-corrected chi connectivity index (χ4v) is 5.52. The van der Waals surface area contributed by atoms with Gasteiger partial charge in [-0.05, 0) is 90.9 Å². The molecule has 8 atom stereocenters. The Morgan fingerprint density at radius 3 is 1.38 bits per heavy atom. The highest BCUT2D eigenvalue weighted by atomic mass is 19.4. The van der Waals surface area contributed by atoms with Crippen LogP contribution < -0.4 is 0 Å². The van der Waals surface area contributed by atoms with E-state index in [-0.39, 0.29) is 50.1 Å². The van der Waals surface area contributed by atoms with E-state index < -0.39 is 80.2 Å². The Hall–Kier alpha value is -1.37. The van der Waals surface area contributed by atoms with Gasteiger partial charge in [-0.3, -0.25) is 0 Å². The Bertz CT molecular complexity index is 1170. The Balaban J connectivity index is -0.000000443. The molecular formula is C45H84F15O8+. The molecule has 0 heterocycles. The van der Waals surface area contributed by atoms with Crippen LogP contribution in [0.3, 0.4) is 0 Å². The second-order valence-electron chi connectivity index (χ2n) is 17.6. The maximum absolute atomic E-state index is 14.0. The van der Waals surface area contributed by atoms with Gasteiger partial charge in [-0.2, -0.15) is 43.9 Å². The van der Waals surface area contributed by atoms with E-state index in [9.17, 15) is 76.1 Å². The van der Waals surface area contributed by atoms with E-state index in [4.69, 9.17) is 20.1 Å². The molecule has 1 fully saturated rings. The molecule has 0 amide bonds. The highest BCUT2D eigenvalue weighted by Crippen LogP contribution is 2.49. The molecule has 0 aliphatic heterocycles. The van der Waals surface area contributed by atoms with Crippen LogP contribution in [0.25, 0.3) is 0 Å². The number of rotatable bonds is 30. The average Bonchev–Trinajstić information content (AvgIpc) is 3.20. The van der Waals surface area contributed by atoms with E-state index >= 15 is 0 Å². The molecule has 0 saturated heterocycles. The van der Waals surface area contributed by atoms with Crippen molar-refractivity contribution in [1.82, 2.24) is 0 Å². The maximum Gasteiger partial charge on any atom is 0.380 e. The minimum Gasteiger partial charge on any atom is -0.432 e. The second kappa shape index (κ2) is 36.5. The third kappa shape index (κ3) is 29.2. The van der Waals surface area contributed by atoms with Gasteiger partial charge in [0.1, 0.15) is 19.3 Å². The van der Waals surface area contributed by atoms with Gasteiger partial charge in [-0.1, -0.05) is 73.1 Å². The van der Waals surface area contributed by atoms with E-state index in [1.54, 1.807) is 27.7 Å². The quantitative estimate of drug-likeness (QED) is 0.0275. The van der Waals surface area contributed by atoms with Gasteiger partial charge in [-0.25, -0.2) is 22.0 Å².